The van der Waals surface area contributed by atoms with Crippen molar-refractivity contribution < 1.29 is 14.2 Å². The van der Waals surface area contributed by atoms with E-state index in [1.807, 2.05) is 6.07 Å². The molecular formula is C15H12FNO2. The van der Waals surface area contributed by atoms with Gasteiger partial charge in [-0.25, -0.2) is 4.39 Å². The molecule has 1 N–H and O–H groups in total. The summed E-state index contributed by atoms with van der Waals surface area (Å²) < 4.78 is 18.4. The van der Waals surface area contributed by atoms with Crippen LogP contribution in [0.3, 0.4) is 0 Å². The summed E-state index contributed by atoms with van der Waals surface area (Å²) in [5.74, 6) is 0.480. The van der Waals surface area contributed by atoms with Gasteiger partial charge in [-0.05, 0) is 43.3 Å². The molecule has 0 fully saturated rings. The van der Waals surface area contributed by atoms with Gasteiger partial charge in [-0.15, -0.1) is 0 Å². The molecule has 0 aliphatic heterocycles. The van der Waals surface area contributed by atoms with Crippen molar-refractivity contribution >= 4 is 0 Å². The highest BCUT2D eigenvalue weighted by Gasteiger charge is 2.11. The number of hydrogen-bond acceptors (Lipinski definition) is 3. The number of nitrogens with zero attached hydrogens (tertiary/aromatic N) is 1. The number of halogens is 1. The van der Waals surface area contributed by atoms with Gasteiger partial charge < -0.3 is 9.84 Å². The Kier molecular flexibility index (Phi) is 3.79. The molecule has 0 radical (unpaired) electrons. The van der Waals surface area contributed by atoms with Crippen molar-refractivity contribution in [3.8, 4) is 17.6 Å². The van der Waals surface area contributed by atoms with E-state index in [2.05, 4.69) is 0 Å². The number of hydrogen-bond donors (Lipinski definition) is 1. The number of aliphatic hydroxyl groups excluding tert-OH is 1. The first-order valence-corrected chi connectivity index (χ1v) is 5.75. The molecule has 0 amide bonds. The summed E-state index contributed by atoms with van der Waals surface area (Å²) in [6, 6.07) is 12.3. The molecule has 0 saturated carbocycles. The standard InChI is InChI=1S/C15H12FNO2/c1-10(18)14-7-2-11(9-17)8-15(14)19-13-5-3-12(16)4-6-13/h2-8,10,18H,1H3/t10-/m1/s1. The average molecular weight is 257 g/mol. The highest BCUT2D eigenvalue weighted by Crippen LogP contribution is 2.30. The molecule has 0 bridgehead atoms. The van der Waals surface area contributed by atoms with E-state index < -0.39 is 6.10 Å². The molecule has 2 aromatic carbocycles. The minimum absolute atomic E-state index is 0.353. The maximum atomic E-state index is 12.8. The Morgan fingerprint density at radius 2 is 1.89 bits per heavy atom. The maximum Gasteiger partial charge on any atom is 0.134 e. The molecule has 0 saturated heterocycles. The second kappa shape index (κ2) is 5.51. The van der Waals surface area contributed by atoms with E-state index in [1.54, 1.807) is 25.1 Å². The van der Waals surface area contributed by atoms with Gasteiger partial charge in [0.2, 0.25) is 0 Å². The summed E-state index contributed by atoms with van der Waals surface area (Å²) >= 11 is 0. The van der Waals surface area contributed by atoms with Crippen LogP contribution < -0.4 is 4.74 Å². The Labute approximate surface area is 110 Å². The maximum absolute atomic E-state index is 12.8. The minimum Gasteiger partial charge on any atom is -0.457 e. The topological polar surface area (TPSA) is 53.2 Å². The highest BCUT2D eigenvalue weighted by molar-refractivity contribution is 5.45. The Morgan fingerprint density at radius 1 is 1.21 bits per heavy atom. The summed E-state index contributed by atoms with van der Waals surface area (Å²) in [7, 11) is 0. The van der Waals surface area contributed by atoms with Crippen molar-refractivity contribution in [3.05, 3.63) is 59.4 Å². The summed E-state index contributed by atoms with van der Waals surface area (Å²) in [6.07, 6.45) is -0.719. The third-order valence-electron chi connectivity index (χ3n) is 2.63. The first-order chi connectivity index (χ1) is 9.10. The van der Waals surface area contributed by atoms with Gasteiger partial charge in [0.25, 0.3) is 0 Å². The number of aliphatic hydroxyl groups is 1. The van der Waals surface area contributed by atoms with E-state index >= 15 is 0 Å². The van der Waals surface area contributed by atoms with E-state index in [1.165, 1.54) is 24.3 Å². The van der Waals surface area contributed by atoms with Crippen LogP contribution in [0.5, 0.6) is 11.5 Å². The fraction of sp³-hybridized carbons (Fsp3) is 0.133. The lowest BCUT2D eigenvalue weighted by molar-refractivity contribution is 0.195. The monoisotopic (exact) mass is 257 g/mol. The number of rotatable bonds is 3. The zero-order chi connectivity index (χ0) is 13.8. The zero-order valence-corrected chi connectivity index (χ0v) is 10.3. The molecule has 0 aliphatic rings. The van der Waals surface area contributed by atoms with Crippen molar-refractivity contribution in [1.82, 2.24) is 0 Å². The van der Waals surface area contributed by atoms with Crippen molar-refractivity contribution in [1.29, 1.82) is 5.26 Å². The summed E-state index contributed by atoms with van der Waals surface area (Å²) in [5.41, 5.74) is 1.00. The minimum atomic E-state index is -0.719. The lowest BCUT2D eigenvalue weighted by atomic mass is 10.1. The van der Waals surface area contributed by atoms with E-state index in [0.717, 1.165) is 0 Å². The molecule has 1 atom stereocenters. The van der Waals surface area contributed by atoms with Gasteiger partial charge in [0.15, 0.2) is 0 Å². The molecule has 19 heavy (non-hydrogen) atoms. The van der Waals surface area contributed by atoms with E-state index in [9.17, 15) is 9.50 Å². The van der Waals surface area contributed by atoms with Gasteiger partial charge in [0, 0.05) is 5.56 Å². The normalized spacial score (nSPS) is 11.7. The average Bonchev–Trinajstić information content (AvgIpc) is 2.41. The third kappa shape index (κ3) is 3.09. The van der Waals surface area contributed by atoms with Crippen LogP contribution in [0.1, 0.15) is 24.2 Å². The van der Waals surface area contributed by atoms with Crippen LogP contribution in [0.2, 0.25) is 0 Å². The van der Waals surface area contributed by atoms with Crippen LogP contribution in [0, 0.1) is 17.1 Å². The number of benzene rings is 2. The number of nitriles is 1. The Hall–Kier alpha value is -2.38. The van der Waals surface area contributed by atoms with Crippen LogP contribution in [0.25, 0.3) is 0 Å². The molecule has 96 valence electrons. The van der Waals surface area contributed by atoms with Gasteiger partial charge in [-0.2, -0.15) is 5.26 Å². The molecular weight excluding hydrogens is 245 g/mol. The van der Waals surface area contributed by atoms with Crippen molar-refractivity contribution in [2.75, 3.05) is 0 Å². The molecule has 2 rings (SSSR count). The molecule has 0 heterocycles. The fourth-order valence-electron chi connectivity index (χ4n) is 1.67. The van der Waals surface area contributed by atoms with Crippen LogP contribution in [-0.4, -0.2) is 5.11 Å². The molecule has 4 heteroatoms. The van der Waals surface area contributed by atoms with Gasteiger partial charge in [0.1, 0.15) is 17.3 Å². The molecule has 0 aliphatic carbocycles. The van der Waals surface area contributed by atoms with Gasteiger partial charge in [-0.3, -0.25) is 0 Å². The molecule has 0 aromatic heterocycles. The first-order valence-electron chi connectivity index (χ1n) is 5.75. The molecule has 0 unspecified atom stereocenters. The summed E-state index contributed by atoms with van der Waals surface area (Å²) in [6.45, 7) is 1.61. The van der Waals surface area contributed by atoms with E-state index in [4.69, 9.17) is 10.00 Å². The van der Waals surface area contributed by atoms with Crippen molar-refractivity contribution in [2.45, 2.75) is 13.0 Å². The Morgan fingerprint density at radius 3 is 2.47 bits per heavy atom. The van der Waals surface area contributed by atoms with Crippen molar-refractivity contribution in [2.24, 2.45) is 0 Å². The molecule has 0 spiro atoms. The van der Waals surface area contributed by atoms with Gasteiger partial charge in [0.05, 0.1) is 17.7 Å². The van der Waals surface area contributed by atoms with Gasteiger partial charge in [-0.1, -0.05) is 6.07 Å². The van der Waals surface area contributed by atoms with Crippen LogP contribution in [0.4, 0.5) is 4.39 Å². The van der Waals surface area contributed by atoms with E-state index in [-0.39, 0.29) is 5.82 Å². The predicted octanol–water partition coefficient (Wildman–Crippen LogP) is 3.54. The third-order valence-corrected chi connectivity index (χ3v) is 2.63. The van der Waals surface area contributed by atoms with Crippen LogP contribution in [0.15, 0.2) is 42.5 Å². The summed E-state index contributed by atoms with van der Waals surface area (Å²) in [4.78, 5) is 0. The second-order valence-electron chi connectivity index (χ2n) is 4.10. The predicted molar refractivity (Wildman–Crippen MR) is 68.3 cm³/mol. The Balaban J connectivity index is 2.37. The second-order valence-corrected chi connectivity index (χ2v) is 4.10. The lowest BCUT2D eigenvalue weighted by Gasteiger charge is -2.13. The molecule has 3 nitrogen and oxygen atoms in total. The quantitative estimate of drug-likeness (QED) is 0.914. The Bertz CT molecular complexity index is 615. The smallest absolute Gasteiger partial charge is 0.134 e. The van der Waals surface area contributed by atoms with Crippen LogP contribution >= 0.6 is 0 Å². The van der Waals surface area contributed by atoms with Gasteiger partial charge >= 0.3 is 0 Å². The summed E-state index contributed by atoms with van der Waals surface area (Å²) in [5, 5.41) is 18.5. The largest absolute Gasteiger partial charge is 0.457 e. The zero-order valence-electron chi connectivity index (χ0n) is 10.3. The van der Waals surface area contributed by atoms with Crippen molar-refractivity contribution in [3.63, 3.8) is 0 Å². The van der Waals surface area contributed by atoms with Crippen LogP contribution in [-0.2, 0) is 0 Å². The SMILES string of the molecule is C[C@@H](O)c1ccc(C#N)cc1Oc1ccc(F)cc1. The first kappa shape index (κ1) is 13.1. The van der Waals surface area contributed by atoms with E-state index in [0.29, 0.717) is 22.6 Å². The lowest BCUT2D eigenvalue weighted by Crippen LogP contribution is -1.97. The fourth-order valence-corrected chi connectivity index (χ4v) is 1.67. The highest BCUT2D eigenvalue weighted by atomic mass is 19.1. The molecule has 2 aromatic rings. The number of ether oxygens (including phenoxy) is 1.